The number of benzene rings is 2. The molecule has 6 nitrogen and oxygen atoms in total. The summed E-state index contributed by atoms with van der Waals surface area (Å²) in [7, 11) is 2.99. The molecular formula is C18H20O6. The van der Waals surface area contributed by atoms with Gasteiger partial charge in [0, 0.05) is 25.2 Å². The number of ether oxygens (including phenoxy) is 3. The van der Waals surface area contributed by atoms with E-state index in [1.807, 2.05) is 0 Å². The summed E-state index contributed by atoms with van der Waals surface area (Å²) in [5.74, 6) is 0.961. The number of methoxy groups -OCH3 is 2. The molecule has 0 bridgehead atoms. The van der Waals surface area contributed by atoms with Crippen molar-refractivity contribution in [1.82, 2.24) is 0 Å². The zero-order valence-electron chi connectivity index (χ0n) is 13.5. The van der Waals surface area contributed by atoms with Crippen LogP contribution in [-0.2, 0) is 11.2 Å². The Morgan fingerprint density at radius 3 is 2.62 bits per heavy atom. The number of aromatic hydroxyl groups is 2. The minimum Gasteiger partial charge on any atom is -0.508 e. The summed E-state index contributed by atoms with van der Waals surface area (Å²) >= 11 is 0. The molecule has 128 valence electrons. The van der Waals surface area contributed by atoms with Crippen LogP contribution in [0, 0.1) is 0 Å². The first kappa shape index (κ1) is 16.4. The van der Waals surface area contributed by atoms with E-state index in [9.17, 15) is 15.3 Å². The largest absolute Gasteiger partial charge is 0.508 e. The fraction of sp³-hybridized carbons (Fsp3) is 0.333. The Hall–Kier alpha value is -2.44. The minimum absolute atomic E-state index is 0.00868. The SMILES string of the molecule is COc1ccc(C[C@@]2(O)COc3cc(O)ccc3[C@H]2OC)cc1O. The molecule has 2 aromatic rings. The lowest BCUT2D eigenvalue weighted by Crippen LogP contribution is -2.48. The van der Waals surface area contributed by atoms with Gasteiger partial charge in [-0.3, -0.25) is 0 Å². The van der Waals surface area contributed by atoms with Crippen LogP contribution in [0.2, 0.25) is 0 Å². The van der Waals surface area contributed by atoms with E-state index in [4.69, 9.17) is 14.2 Å². The molecule has 24 heavy (non-hydrogen) atoms. The molecule has 0 unspecified atom stereocenters. The van der Waals surface area contributed by atoms with E-state index in [0.29, 0.717) is 17.1 Å². The first-order valence-electron chi connectivity index (χ1n) is 7.53. The van der Waals surface area contributed by atoms with Crippen LogP contribution in [0.3, 0.4) is 0 Å². The topological polar surface area (TPSA) is 88.4 Å². The Kier molecular flexibility index (Phi) is 4.26. The molecule has 6 heteroatoms. The maximum atomic E-state index is 11.1. The van der Waals surface area contributed by atoms with Crippen molar-refractivity contribution in [3.63, 3.8) is 0 Å². The summed E-state index contributed by atoms with van der Waals surface area (Å²) in [4.78, 5) is 0. The molecule has 0 amide bonds. The van der Waals surface area contributed by atoms with Gasteiger partial charge < -0.3 is 29.5 Å². The molecule has 1 aliphatic heterocycles. The second kappa shape index (κ2) is 6.22. The Balaban J connectivity index is 1.92. The molecule has 2 aromatic carbocycles. The normalized spacial score (nSPS) is 22.5. The van der Waals surface area contributed by atoms with Gasteiger partial charge in [0.25, 0.3) is 0 Å². The number of rotatable bonds is 4. The Bertz CT molecular complexity index is 744. The van der Waals surface area contributed by atoms with Gasteiger partial charge in [-0.15, -0.1) is 0 Å². The van der Waals surface area contributed by atoms with Crippen LogP contribution in [0.5, 0.6) is 23.0 Å². The molecule has 0 aromatic heterocycles. The van der Waals surface area contributed by atoms with Crippen molar-refractivity contribution in [2.75, 3.05) is 20.8 Å². The highest BCUT2D eigenvalue weighted by Gasteiger charge is 2.44. The van der Waals surface area contributed by atoms with Gasteiger partial charge in [0.1, 0.15) is 29.8 Å². The molecule has 2 atom stereocenters. The third-order valence-electron chi connectivity index (χ3n) is 4.23. The predicted octanol–water partition coefficient (Wildman–Crippen LogP) is 2.16. The number of fused-ring (bicyclic) bond motifs is 1. The average molecular weight is 332 g/mol. The van der Waals surface area contributed by atoms with E-state index in [1.165, 1.54) is 26.4 Å². The number of phenols is 2. The van der Waals surface area contributed by atoms with Crippen molar-refractivity contribution in [3.05, 3.63) is 47.5 Å². The van der Waals surface area contributed by atoms with Gasteiger partial charge >= 0.3 is 0 Å². The van der Waals surface area contributed by atoms with Crippen LogP contribution in [0.15, 0.2) is 36.4 Å². The third kappa shape index (κ3) is 2.86. The fourth-order valence-electron chi connectivity index (χ4n) is 3.12. The van der Waals surface area contributed by atoms with E-state index in [2.05, 4.69) is 0 Å². The first-order chi connectivity index (χ1) is 11.5. The number of phenolic OH excluding ortho intramolecular Hbond substituents is 2. The molecule has 1 heterocycles. The zero-order chi connectivity index (χ0) is 17.3. The molecular weight excluding hydrogens is 312 g/mol. The average Bonchev–Trinajstić information content (AvgIpc) is 2.55. The van der Waals surface area contributed by atoms with Crippen molar-refractivity contribution in [3.8, 4) is 23.0 Å². The second-order valence-corrected chi connectivity index (χ2v) is 5.91. The van der Waals surface area contributed by atoms with Gasteiger partial charge in [-0.1, -0.05) is 6.07 Å². The molecule has 3 rings (SSSR count). The van der Waals surface area contributed by atoms with Crippen molar-refractivity contribution < 1.29 is 29.5 Å². The lowest BCUT2D eigenvalue weighted by Gasteiger charge is -2.40. The first-order valence-corrected chi connectivity index (χ1v) is 7.53. The van der Waals surface area contributed by atoms with Crippen LogP contribution >= 0.6 is 0 Å². The van der Waals surface area contributed by atoms with E-state index < -0.39 is 11.7 Å². The van der Waals surface area contributed by atoms with Crippen LogP contribution in [-0.4, -0.2) is 41.7 Å². The summed E-state index contributed by atoms with van der Waals surface area (Å²) in [6.07, 6.45) is -0.394. The molecule has 0 fully saturated rings. The van der Waals surface area contributed by atoms with E-state index in [-0.39, 0.29) is 24.5 Å². The Morgan fingerprint density at radius 2 is 1.96 bits per heavy atom. The highest BCUT2D eigenvalue weighted by molar-refractivity contribution is 5.46. The van der Waals surface area contributed by atoms with E-state index in [0.717, 1.165) is 5.56 Å². The minimum atomic E-state index is -1.31. The van der Waals surface area contributed by atoms with E-state index >= 15 is 0 Å². The van der Waals surface area contributed by atoms with Gasteiger partial charge in [0.2, 0.25) is 0 Å². The maximum Gasteiger partial charge on any atom is 0.160 e. The monoisotopic (exact) mass is 332 g/mol. The smallest absolute Gasteiger partial charge is 0.160 e. The molecule has 0 radical (unpaired) electrons. The van der Waals surface area contributed by atoms with Crippen LogP contribution in [0.4, 0.5) is 0 Å². The summed E-state index contributed by atoms with van der Waals surface area (Å²) in [6, 6.07) is 9.67. The van der Waals surface area contributed by atoms with E-state index in [1.54, 1.807) is 24.3 Å². The zero-order valence-corrected chi connectivity index (χ0v) is 13.5. The fourth-order valence-corrected chi connectivity index (χ4v) is 3.12. The molecule has 1 aliphatic rings. The standard InChI is InChI=1S/C18H20O6/c1-22-15-6-3-11(7-14(15)20)9-18(21)10-24-16-8-12(19)4-5-13(16)17(18)23-2/h3-8,17,19-21H,9-10H2,1-2H3/t17-,18-/m1/s1. The highest BCUT2D eigenvalue weighted by Crippen LogP contribution is 2.43. The van der Waals surface area contributed by atoms with Gasteiger partial charge in [-0.25, -0.2) is 0 Å². The molecule has 0 saturated heterocycles. The molecule has 0 saturated carbocycles. The predicted molar refractivity (Wildman–Crippen MR) is 86.7 cm³/mol. The summed E-state index contributed by atoms with van der Waals surface area (Å²) < 4.78 is 16.2. The van der Waals surface area contributed by atoms with Crippen molar-refractivity contribution in [1.29, 1.82) is 0 Å². The quantitative estimate of drug-likeness (QED) is 0.795. The van der Waals surface area contributed by atoms with Gasteiger partial charge in [-0.05, 0) is 29.8 Å². The summed E-state index contributed by atoms with van der Waals surface area (Å²) in [5.41, 5.74) is 0.0881. The Morgan fingerprint density at radius 1 is 1.17 bits per heavy atom. The van der Waals surface area contributed by atoms with Crippen molar-refractivity contribution >= 4 is 0 Å². The summed E-state index contributed by atoms with van der Waals surface area (Å²) in [5, 5.41) is 30.6. The maximum absolute atomic E-state index is 11.1. The highest BCUT2D eigenvalue weighted by atomic mass is 16.5. The molecule has 0 aliphatic carbocycles. The summed E-state index contributed by atoms with van der Waals surface area (Å²) in [6.45, 7) is 0.00868. The number of aliphatic hydroxyl groups is 1. The van der Waals surface area contributed by atoms with Crippen LogP contribution < -0.4 is 9.47 Å². The van der Waals surface area contributed by atoms with Crippen molar-refractivity contribution in [2.45, 2.75) is 18.1 Å². The van der Waals surface area contributed by atoms with Crippen molar-refractivity contribution in [2.24, 2.45) is 0 Å². The Labute approximate surface area is 139 Å². The molecule has 0 spiro atoms. The number of hydrogen-bond acceptors (Lipinski definition) is 6. The van der Waals surface area contributed by atoms with Crippen LogP contribution in [0.1, 0.15) is 17.2 Å². The van der Waals surface area contributed by atoms with Gasteiger partial charge in [0.15, 0.2) is 11.5 Å². The number of hydrogen-bond donors (Lipinski definition) is 3. The van der Waals surface area contributed by atoms with Gasteiger partial charge in [0.05, 0.1) is 7.11 Å². The van der Waals surface area contributed by atoms with Gasteiger partial charge in [-0.2, -0.15) is 0 Å². The van der Waals surface area contributed by atoms with Crippen LogP contribution in [0.25, 0.3) is 0 Å². The lowest BCUT2D eigenvalue weighted by atomic mass is 9.83. The third-order valence-corrected chi connectivity index (χ3v) is 4.23. The second-order valence-electron chi connectivity index (χ2n) is 5.91. The lowest BCUT2D eigenvalue weighted by molar-refractivity contribution is -0.129. The molecule has 3 N–H and O–H groups in total.